The number of carbonyl (C=O) groups excluding carboxylic acids is 2. The summed E-state index contributed by atoms with van der Waals surface area (Å²) in [5.74, 6) is 0.0272. The minimum atomic E-state index is -0.281. The molecule has 2 aromatic carbocycles. The molecular formula is C22H26O4. The van der Waals surface area contributed by atoms with E-state index >= 15 is 0 Å². The maximum absolute atomic E-state index is 11.9. The second kappa shape index (κ2) is 10.4. The van der Waals surface area contributed by atoms with Gasteiger partial charge >= 0.3 is 11.9 Å². The fourth-order valence-electron chi connectivity index (χ4n) is 2.68. The molecule has 0 amide bonds. The molecule has 0 unspecified atom stereocenters. The van der Waals surface area contributed by atoms with Crippen LogP contribution in [0.2, 0.25) is 0 Å². The van der Waals surface area contributed by atoms with Crippen molar-refractivity contribution in [3.8, 4) is 5.75 Å². The lowest BCUT2D eigenvalue weighted by molar-refractivity contribution is -0.143. The molecule has 0 heterocycles. The van der Waals surface area contributed by atoms with Gasteiger partial charge in [0.1, 0.15) is 5.75 Å². The summed E-state index contributed by atoms with van der Waals surface area (Å²) in [5.41, 5.74) is 3.12. The monoisotopic (exact) mass is 354 g/mol. The molecule has 2 aromatic rings. The van der Waals surface area contributed by atoms with E-state index in [2.05, 4.69) is 12.1 Å². The van der Waals surface area contributed by atoms with Crippen molar-refractivity contribution in [2.24, 2.45) is 0 Å². The Morgan fingerprint density at radius 3 is 2.38 bits per heavy atom. The van der Waals surface area contributed by atoms with Crippen LogP contribution in [-0.4, -0.2) is 18.5 Å². The molecule has 0 radical (unpaired) electrons. The van der Waals surface area contributed by atoms with Gasteiger partial charge < -0.3 is 9.47 Å². The lowest BCUT2D eigenvalue weighted by Gasteiger charge is -2.15. The summed E-state index contributed by atoms with van der Waals surface area (Å²) in [6.07, 6.45) is 2.58. The van der Waals surface area contributed by atoms with Gasteiger partial charge in [-0.15, -0.1) is 0 Å². The van der Waals surface area contributed by atoms with E-state index in [4.69, 9.17) is 9.47 Å². The van der Waals surface area contributed by atoms with Gasteiger partial charge in [0.25, 0.3) is 0 Å². The maximum Gasteiger partial charge on any atom is 0.310 e. The van der Waals surface area contributed by atoms with Crippen molar-refractivity contribution in [3.63, 3.8) is 0 Å². The summed E-state index contributed by atoms with van der Waals surface area (Å²) in [7, 11) is 0. The van der Waals surface area contributed by atoms with Crippen molar-refractivity contribution in [2.45, 2.75) is 46.0 Å². The van der Waals surface area contributed by atoms with Crippen LogP contribution in [0, 0.1) is 0 Å². The van der Waals surface area contributed by atoms with Gasteiger partial charge in [-0.3, -0.25) is 9.59 Å². The van der Waals surface area contributed by atoms with Crippen molar-refractivity contribution >= 4 is 11.9 Å². The topological polar surface area (TPSA) is 52.6 Å². The smallest absolute Gasteiger partial charge is 0.310 e. The van der Waals surface area contributed by atoms with Crippen LogP contribution in [0.25, 0.3) is 0 Å². The summed E-state index contributed by atoms with van der Waals surface area (Å²) >= 11 is 0. The maximum atomic E-state index is 11.9. The first-order valence-electron chi connectivity index (χ1n) is 9.15. The number of benzene rings is 2. The van der Waals surface area contributed by atoms with Gasteiger partial charge in [-0.25, -0.2) is 0 Å². The van der Waals surface area contributed by atoms with Crippen LogP contribution in [-0.2, 0) is 27.2 Å². The predicted molar refractivity (Wildman–Crippen MR) is 101 cm³/mol. The molecule has 4 heteroatoms. The molecule has 26 heavy (non-hydrogen) atoms. The zero-order chi connectivity index (χ0) is 18.8. The SMILES string of the molecule is CCCOC(=O)CCc1c(Cc2ccccc2)cccc1OC(=O)CC. The second-order valence-corrected chi connectivity index (χ2v) is 6.10. The highest BCUT2D eigenvalue weighted by atomic mass is 16.5. The van der Waals surface area contributed by atoms with Crippen molar-refractivity contribution in [1.29, 1.82) is 0 Å². The second-order valence-electron chi connectivity index (χ2n) is 6.10. The molecular weight excluding hydrogens is 328 g/mol. The molecule has 0 bridgehead atoms. The first-order chi connectivity index (χ1) is 12.6. The van der Waals surface area contributed by atoms with E-state index < -0.39 is 0 Å². The molecule has 4 nitrogen and oxygen atoms in total. The van der Waals surface area contributed by atoms with Gasteiger partial charge in [-0.1, -0.05) is 56.3 Å². The first kappa shape index (κ1) is 19.7. The van der Waals surface area contributed by atoms with Gasteiger partial charge in [-0.2, -0.15) is 0 Å². The van der Waals surface area contributed by atoms with E-state index in [1.54, 1.807) is 13.0 Å². The van der Waals surface area contributed by atoms with Crippen molar-refractivity contribution in [2.75, 3.05) is 6.61 Å². The Bertz CT molecular complexity index is 722. The number of ether oxygens (including phenoxy) is 2. The number of hydrogen-bond donors (Lipinski definition) is 0. The number of esters is 2. The minimum Gasteiger partial charge on any atom is -0.466 e. The van der Waals surface area contributed by atoms with Crippen molar-refractivity contribution < 1.29 is 19.1 Å². The summed E-state index contributed by atoms with van der Waals surface area (Å²) in [6, 6.07) is 15.8. The van der Waals surface area contributed by atoms with Crippen LogP contribution in [0.3, 0.4) is 0 Å². The molecule has 0 saturated heterocycles. The molecule has 0 spiro atoms. The van der Waals surface area contributed by atoms with Crippen LogP contribution in [0.1, 0.15) is 49.8 Å². The third kappa shape index (κ3) is 6.03. The fourth-order valence-corrected chi connectivity index (χ4v) is 2.68. The van der Waals surface area contributed by atoms with Crippen LogP contribution in [0.15, 0.2) is 48.5 Å². The van der Waals surface area contributed by atoms with Gasteiger partial charge in [0, 0.05) is 12.8 Å². The molecule has 0 aliphatic rings. The zero-order valence-electron chi connectivity index (χ0n) is 15.5. The summed E-state index contributed by atoms with van der Waals surface area (Å²) in [6.45, 7) is 4.16. The standard InChI is InChI=1S/C22H26O4/c1-3-15-25-22(24)14-13-19-18(16-17-9-6-5-7-10-17)11-8-12-20(19)26-21(23)4-2/h5-12H,3-4,13-16H2,1-2H3. The number of carbonyl (C=O) groups is 2. The molecule has 0 N–H and O–H groups in total. The Labute approximate surface area is 155 Å². The summed E-state index contributed by atoms with van der Waals surface area (Å²) in [5, 5.41) is 0. The Morgan fingerprint density at radius 1 is 0.923 bits per heavy atom. The third-order valence-electron chi connectivity index (χ3n) is 4.03. The van der Waals surface area contributed by atoms with E-state index in [9.17, 15) is 9.59 Å². The van der Waals surface area contributed by atoms with Crippen LogP contribution in [0.5, 0.6) is 5.75 Å². The Kier molecular flexibility index (Phi) is 7.87. The lowest BCUT2D eigenvalue weighted by atomic mass is 9.96. The first-order valence-corrected chi connectivity index (χ1v) is 9.15. The number of hydrogen-bond acceptors (Lipinski definition) is 4. The highest BCUT2D eigenvalue weighted by Crippen LogP contribution is 2.27. The highest BCUT2D eigenvalue weighted by Gasteiger charge is 2.15. The summed E-state index contributed by atoms with van der Waals surface area (Å²) < 4.78 is 10.7. The Hall–Kier alpha value is -2.62. The highest BCUT2D eigenvalue weighted by molar-refractivity contribution is 5.73. The lowest BCUT2D eigenvalue weighted by Crippen LogP contribution is -2.11. The zero-order valence-corrected chi connectivity index (χ0v) is 15.5. The molecule has 138 valence electrons. The van der Waals surface area contributed by atoms with E-state index in [1.165, 1.54) is 5.56 Å². The molecule has 0 aliphatic carbocycles. The number of rotatable bonds is 9. The van der Waals surface area contributed by atoms with Gasteiger partial charge in [0.05, 0.1) is 6.61 Å². The van der Waals surface area contributed by atoms with Gasteiger partial charge in [0.15, 0.2) is 0 Å². The van der Waals surface area contributed by atoms with Crippen LogP contribution >= 0.6 is 0 Å². The average molecular weight is 354 g/mol. The van der Waals surface area contributed by atoms with Crippen LogP contribution < -0.4 is 4.74 Å². The molecule has 0 aliphatic heterocycles. The molecule has 0 saturated carbocycles. The van der Waals surface area contributed by atoms with Crippen LogP contribution in [0.4, 0.5) is 0 Å². The Morgan fingerprint density at radius 2 is 1.69 bits per heavy atom. The normalized spacial score (nSPS) is 10.4. The van der Waals surface area contributed by atoms with E-state index in [0.717, 1.165) is 24.0 Å². The largest absolute Gasteiger partial charge is 0.466 e. The van der Waals surface area contributed by atoms with E-state index in [1.807, 2.05) is 37.3 Å². The van der Waals surface area contributed by atoms with Crippen molar-refractivity contribution in [3.05, 3.63) is 65.2 Å². The average Bonchev–Trinajstić information content (AvgIpc) is 2.66. The van der Waals surface area contributed by atoms with E-state index in [0.29, 0.717) is 25.2 Å². The fraction of sp³-hybridized carbons (Fsp3) is 0.364. The van der Waals surface area contributed by atoms with Gasteiger partial charge in [-0.05, 0) is 42.0 Å². The van der Waals surface area contributed by atoms with E-state index in [-0.39, 0.29) is 18.4 Å². The van der Waals surface area contributed by atoms with Crippen molar-refractivity contribution in [1.82, 2.24) is 0 Å². The quantitative estimate of drug-likeness (QED) is 0.492. The minimum absolute atomic E-state index is 0.228. The summed E-state index contributed by atoms with van der Waals surface area (Å²) in [4.78, 5) is 23.7. The Balaban J connectivity index is 2.23. The predicted octanol–water partition coefficient (Wildman–Crippen LogP) is 4.48. The third-order valence-corrected chi connectivity index (χ3v) is 4.03. The molecule has 2 rings (SSSR count). The molecule has 0 fully saturated rings. The molecule has 0 aromatic heterocycles. The van der Waals surface area contributed by atoms with Gasteiger partial charge in [0.2, 0.25) is 0 Å². The molecule has 0 atom stereocenters.